The Morgan fingerprint density at radius 1 is 1.36 bits per heavy atom. The third-order valence-corrected chi connectivity index (χ3v) is 3.18. The van der Waals surface area contributed by atoms with Gasteiger partial charge in [-0.2, -0.15) is 0 Å². The second kappa shape index (κ2) is 10.0. The van der Waals surface area contributed by atoms with Gasteiger partial charge in [0.25, 0.3) is 0 Å². The van der Waals surface area contributed by atoms with Crippen LogP contribution in [-0.4, -0.2) is 54.1 Å². The first-order chi connectivity index (χ1) is 11.0. The minimum atomic E-state index is -1.21. The Hall–Kier alpha value is -1.29. The molecule has 1 aromatic rings. The SMILES string of the molecule is CCNC(=NCC(C)(O)c1ccco1)N(C)CC(=O)NC(C)(C)C.I. The Morgan fingerprint density at radius 3 is 2.48 bits per heavy atom. The van der Waals surface area contributed by atoms with Crippen LogP contribution in [0.5, 0.6) is 0 Å². The molecule has 1 aromatic heterocycles. The number of rotatable bonds is 6. The third-order valence-electron chi connectivity index (χ3n) is 3.18. The van der Waals surface area contributed by atoms with E-state index in [-0.39, 0.29) is 48.5 Å². The van der Waals surface area contributed by atoms with Crippen molar-refractivity contribution in [2.75, 3.05) is 26.7 Å². The quantitative estimate of drug-likeness (QED) is 0.339. The topological polar surface area (TPSA) is 90.1 Å². The van der Waals surface area contributed by atoms with E-state index < -0.39 is 5.60 Å². The van der Waals surface area contributed by atoms with Gasteiger partial charge in [0, 0.05) is 19.1 Å². The van der Waals surface area contributed by atoms with Crippen LogP contribution in [0.1, 0.15) is 40.4 Å². The summed E-state index contributed by atoms with van der Waals surface area (Å²) in [5, 5.41) is 16.5. The van der Waals surface area contributed by atoms with Gasteiger partial charge in [0.15, 0.2) is 5.96 Å². The van der Waals surface area contributed by atoms with Gasteiger partial charge < -0.3 is 25.1 Å². The fraction of sp³-hybridized carbons (Fsp3) is 0.647. The molecule has 144 valence electrons. The van der Waals surface area contributed by atoms with Crippen molar-refractivity contribution in [2.45, 2.75) is 45.8 Å². The van der Waals surface area contributed by atoms with Crippen LogP contribution in [0.2, 0.25) is 0 Å². The van der Waals surface area contributed by atoms with Crippen LogP contribution in [0.25, 0.3) is 0 Å². The van der Waals surface area contributed by atoms with Gasteiger partial charge in [-0.25, -0.2) is 4.99 Å². The summed E-state index contributed by atoms with van der Waals surface area (Å²) in [5.41, 5.74) is -1.49. The van der Waals surface area contributed by atoms with Gasteiger partial charge >= 0.3 is 0 Å². The summed E-state index contributed by atoms with van der Waals surface area (Å²) in [6.07, 6.45) is 1.52. The number of carbonyl (C=O) groups is 1. The number of amides is 1. The zero-order valence-corrected chi connectivity index (χ0v) is 18.3. The van der Waals surface area contributed by atoms with Crippen molar-refractivity contribution in [3.8, 4) is 0 Å². The number of hydrogen-bond acceptors (Lipinski definition) is 4. The standard InChI is InChI=1S/C17H30N4O3.HI/c1-7-18-15(21(6)11-14(22)20-16(2,3)4)19-12-17(5,23)13-9-8-10-24-13;/h8-10,23H,7,11-12H2,1-6H3,(H,18,19)(H,20,22);1H. The van der Waals surface area contributed by atoms with Gasteiger partial charge in [0.05, 0.1) is 19.4 Å². The van der Waals surface area contributed by atoms with Crippen LogP contribution >= 0.6 is 24.0 Å². The van der Waals surface area contributed by atoms with E-state index in [9.17, 15) is 9.90 Å². The molecule has 0 radical (unpaired) electrons. The number of aliphatic imine (C=N–C) groups is 1. The van der Waals surface area contributed by atoms with Crippen molar-refractivity contribution in [1.29, 1.82) is 0 Å². The number of nitrogens with one attached hydrogen (secondary N) is 2. The Bertz CT molecular complexity index is 551. The van der Waals surface area contributed by atoms with Gasteiger partial charge in [0.2, 0.25) is 5.91 Å². The van der Waals surface area contributed by atoms with E-state index in [1.54, 1.807) is 31.0 Å². The van der Waals surface area contributed by atoms with E-state index in [4.69, 9.17) is 4.42 Å². The molecule has 0 fully saturated rings. The van der Waals surface area contributed by atoms with E-state index in [0.717, 1.165) is 0 Å². The first-order valence-corrected chi connectivity index (χ1v) is 8.12. The van der Waals surface area contributed by atoms with E-state index in [2.05, 4.69) is 15.6 Å². The maximum Gasteiger partial charge on any atom is 0.240 e. The molecule has 0 bridgehead atoms. The minimum Gasteiger partial charge on any atom is -0.466 e. The lowest BCUT2D eigenvalue weighted by Gasteiger charge is -2.26. The summed E-state index contributed by atoms with van der Waals surface area (Å²) in [6, 6.07) is 3.44. The predicted molar refractivity (Wildman–Crippen MR) is 110 cm³/mol. The Balaban J connectivity index is 0.00000576. The lowest BCUT2D eigenvalue weighted by Crippen LogP contribution is -2.49. The van der Waals surface area contributed by atoms with Gasteiger partial charge in [-0.05, 0) is 46.8 Å². The van der Waals surface area contributed by atoms with Crippen molar-refractivity contribution in [3.63, 3.8) is 0 Å². The average molecular weight is 466 g/mol. The number of guanidine groups is 1. The van der Waals surface area contributed by atoms with Crippen molar-refractivity contribution in [1.82, 2.24) is 15.5 Å². The highest BCUT2D eigenvalue weighted by atomic mass is 127. The van der Waals surface area contributed by atoms with E-state index in [1.165, 1.54) is 6.26 Å². The number of nitrogens with zero attached hydrogens (tertiary/aromatic N) is 2. The molecule has 7 nitrogen and oxygen atoms in total. The summed E-state index contributed by atoms with van der Waals surface area (Å²) < 4.78 is 5.25. The summed E-state index contributed by atoms with van der Waals surface area (Å²) >= 11 is 0. The van der Waals surface area contributed by atoms with Crippen LogP contribution in [0.4, 0.5) is 0 Å². The van der Waals surface area contributed by atoms with Crippen molar-refractivity contribution < 1.29 is 14.3 Å². The normalized spacial score (nSPS) is 14.3. The molecule has 0 spiro atoms. The molecule has 0 aliphatic heterocycles. The second-order valence-corrected chi connectivity index (χ2v) is 7.08. The molecule has 0 aliphatic rings. The number of halogens is 1. The van der Waals surface area contributed by atoms with Crippen LogP contribution in [0, 0.1) is 0 Å². The molecular weight excluding hydrogens is 435 g/mol. The number of likely N-dealkylation sites (N-methyl/N-ethyl adjacent to an activating group) is 1. The first-order valence-electron chi connectivity index (χ1n) is 8.12. The molecule has 0 aromatic carbocycles. The molecule has 1 heterocycles. The average Bonchev–Trinajstić information content (AvgIpc) is 2.95. The number of furan rings is 1. The van der Waals surface area contributed by atoms with Crippen LogP contribution < -0.4 is 10.6 Å². The fourth-order valence-electron chi connectivity index (χ4n) is 2.11. The summed E-state index contributed by atoms with van der Waals surface area (Å²) in [5.74, 6) is 0.914. The largest absolute Gasteiger partial charge is 0.466 e. The minimum absolute atomic E-state index is 0. The fourth-order valence-corrected chi connectivity index (χ4v) is 2.11. The van der Waals surface area contributed by atoms with Crippen LogP contribution in [-0.2, 0) is 10.4 Å². The van der Waals surface area contributed by atoms with Gasteiger partial charge in [0.1, 0.15) is 11.4 Å². The van der Waals surface area contributed by atoms with E-state index in [0.29, 0.717) is 18.3 Å². The summed E-state index contributed by atoms with van der Waals surface area (Å²) in [7, 11) is 1.78. The van der Waals surface area contributed by atoms with Crippen LogP contribution in [0.3, 0.4) is 0 Å². The van der Waals surface area contributed by atoms with Crippen molar-refractivity contribution in [3.05, 3.63) is 24.2 Å². The summed E-state index contributed by atoms with van der Waals surface area (Å²) in [6.45, 7) is 10.3. The predicted octanol–water partition coefficient (Wildman–Crippen LogP) is 1.92. The highest BCUT2D eigenvalue weighted by Gasteiger charge is 2.26. The lowest BCUT2D eigenvalue weighted by atomic mass is 10.0. The molecular formula is C17H31IN4O3. The van der Waals surface area contributed by atoms with E-state index >= 15 is 0 Å². The number of carbonyl (C=O) groups excluding carboxylic acids is 1. The monoisotopic (exact) mass is 466 g/mol. The molecule has 0 aliphatic carbocycles. The maximum atomic E-state index is 12.1. The molecule has 1 unspecified atom stereocenters. The molecule has 0 saturated carbocycles. The molecule has 1 rings (SSSR count). The number of hydrogen-bond donors (Lipinski definition) is 3. The second-order valence-electron chi connectivity index (χ2n) is 7.08. The molecule has 1 amide bonds. The Morgan fingerprint density at radius 2 is 2.00 bits per heavy atom. The molecule has 8 heteroatoms. The van der Waals surface area contributed by atoms with Gasteiger partial charge in [-0.1, -0.05) is 0 Å². The molecule has 0 saturated heterocycles. The van der Waals surface area contributed by atoms with E-state index in [1.807, 2.05) is 27.7 Å². The highest BCUT2D eigenvalue weighted by Crippen LogP contribution is 2.21. The highest BCUT2D eigenvalue weighted by molar-refractivity contribution is 14.0. The third kappa shape index (κ3) is 8.57. The molecule has 1 atom stereocenters. The zero-order chi connectivity index (χ0) is 18.4. The number of aliphatic hydroxyl groups is 1. The summed E-state index contributed by atoms with van der Waals surface area (Å²) in [4.78, 5) is 18.2. The smallest absolute Gasteiger partial charge is 0.240 e. The molecule has 3 N–H and O–H groups in total. The lowest BCUT2D eigenvalue weighted by molar-refractivity contribution is -0.122. The van der Waals surface area contributed by atoms with Crippen molar-refractivity contribution in [2.24, 2.45) is 4.99 Å². The van der Waals surface area contributed by atoms with Gasteiger partial charge in [-0.15, -0.1) is 24.0 Å². The Labute approximate surface area is 167 Å². The molecule has 25 heavy (non-hydrogen) atoms. The van der Waals surface area contributed by atoms with Crippen LogP contribution in [0.15, 0.2) is 27.8 Å². The maximum absolute atomic E-state index is 12.1. The first kappa shape index (κ1) is 23.7. The van der Waals surface area contributed by atoms with Gasteiger partial charge in [-0.3, -0.25) is 4.79 Å². The Kier molecular flexibility index (Phi) is 9.49. The van der Waals surface area contributed by atoms with Crippen molar-refractivity contribution >= 4 is 35.8 Å². The zero-order valence-electron chi connectivity index (χ0n) is 15.9.